The van der Waals surface area contributed by atoms with Gasteiger partial charge in [-0.2, -0.15) is 20.2 Å². The van der Waals surface area contributed by atoms with E-state index in [1.165, 1.54) is 17.8 Å². The summed E-state index contributed by atoms with van der Waals surface area (Å²) >= 11 is 1.52. The van der Waals surface area contributed by atoms with Gasteiger partial charge in [0.1, 0.15) is 24.4 Å². The second-order valence-electron chi connectivity index (χ2n) is 5.53. The average molecular weight is 431 g/mol. The maximum atomic E-state index is 10.9. The van der Waals surface area contributed by atoms with Gasteiger partial charge >= 0.3 is 10.4 Å². The number of aliphatic hydroxyl groups excluding tert-OH is 3. The lowest BCUT2D eigenvalue weighted by Gasteiger charge is -2.40. The quantitative estimate of drug-likeness (QED) is 0.132. The Labute approximate surface area is 161 Å². The van der Waals surface area contributed by atoms with E-state index in [2.05, 4.69) is 16.1 Å². The number of thioether (sulfide) groups is 1. The Hall–Kier alpha value is -0.770. The summed E-state index contributed by atoms with van der Waals surface area (Å²) < 4.78 is 45.3. The van der Waals surface area contributed by atoms with Gasteiger partial charge in [0, 0.05) is 12.3 Å². The van der Waals surface area contributed by atoms with E-state index in [-0.39, 0.29) is 12.5 Å². The second-order valence-corrected chi connectivity index (χ2v) is 7.80. The predicted molar refractivity (Wildman–Crippen MR) is 95.3 cm³/mol. The van der Waals surface area contributed by atoms with Crippen molar-refractivity contribution in [3.05, 3.63) is 12.7 Å². The fourth-order valence-electron chi connectivity index (χ4n) is 2.23. The topological polar surface area (TPSA) is 172 Å². The summed E-state index contributed by atoms with van der Waals surface area (Å²) in [6.07, 6.45) is -5.84. The first-order chi connectivity index (χ1) is 12.7. The van der Waals surface area contributed by atoms with E-state index in [1.54, 1.807) is 0 Å². The van der Waals surface area contributed by atoms with Gasteiger partial charge in [-0.1, -0.05) is 6.58 Å². The van der Waals surface area contributed by atoms with E-state index in [9.17, 15) is 28.5 Å². The van der Waals surface area contributed by atoms with Crippen LogP contribution in [0.4, 0.5) is 0 Å². The van der Waals surface area contributed by atoms with Crippen molar-refractivity contribution in [3.63, 3.8) is 0 Å². The van der Waals surface area contributed by atoms with Crippen LogP contribution < -0.4 is 5.32 Å². The first-order valence-corrected chi connectivity index (χ1v) is 10.6. The summed E-state index contributed by atoms with van der Waals surface area (Å²) in [5.74, 6) is 1.01. The zero-order valence-corrected chi connectivity index (χ0v) is 16.1. The van der Waals surface area contributed by atoms with Gasteiger partial charge < -0.3 is 30.1 Å². The van der Waals surface area contributed by atoms with E-state index >= 15 is 0 Å². The Morgan fingerprint density at radius 2 is 2.00 bits per heavy atom. The van der Waals surface area contributed by atoms with Crippen LogP contribution in [0, 0.1) is 0 Å². The van der Waals surface area contributed by atoms with E-state index < -0.39 is 47.7 Å². The highest BCUT2D eigenvalue weighted by Gasteiger charge is 2.47. The highest BCUT2D eigenvalue weighted by molar-refractivity contribution is 7.99. The summed E-state index contributed by atoms with van der Waals surface area (Å²) in [5.41, 5.74) is 0. The molecule has 0 radical (unpaired) electrons. The molecule has 0 bridgehead atoms. The molecule has 0 aliphatic carbocycles. The lowest BCUT2D eigenvalue weighted by atomic mass is 9.99. The van der Waals surface area contributed by atoms with Crippen molar-refractivity contribution >= 4 is 28.1 Å². The first-order valence-electron chi connectivity index (χ1n) is 8.07. The fourth-order valence-corrected chi connectivity index (χ4v) is 3.50. The molecule has 0 spiro atoms. The first kappa shape index (κ1) is 24.3. The monoisotopic (exact) mass is 431 g/mol. The number of nitrogens with one attached hydrogen (secondary N) is 1. The molecular formula is C14H25NO10S2. The minimum Gasteiger partial charge on any atom is -0.394 e. The molecule has 0 aromatic heterocycles. The second kappa shape index (κ2) is 11.9. The van der Waals surface area contributed by atoms with Crippen molar-refractivity contribution in [1.82, 2.24) is 5.32 Å². The third-order valence-electron chi connectivity index (χ3n) is 3.51. The van der Waals surface area contributed by atoms with Gasteiger partial charge in [-0.05, 0) is 18.2 Å². The van der Waals surface area contributed by atoms with Crippen molar-refractivity contribution in [2.24, 2.45) is 0 Å². The molecule has 27 heavy (non-hydrogen) atoms. The van der Waals surface area contributed by atoms with Crippen LogP contribution in [0.5, 0.6) is 0 Å². The highest BCUT2D eigenvalue weighted by atomic mass is 32.3. The molecular weight excluding hydrogens is 406 g/mol. The minimum atomic E-state index is -4.94. The van der Waals surface area contributed by atoms with Crippen LogP contribution in [0.1, 0.15) is 6.42 Å². The molecule has 11 nitrogen and oxygen atoms in total. The summed E-state index contributed by atoms with van der Waals surface area (Å²) in [5, 5.41) is 31.8. The van der Waals surface area contributed by atoms with Crippen molar-refractivity contribution in [2.45, 2.75) is 37.1 Å². The number of ether oxygens (including phenoxy) is 2. The molecule has 1 aliphatic rings. The summed E-state index contributed by atoms with van der Waals surface area (Å²) in [7, 11) is -4.94. The summed E-state index contributed by atoms with van der Waals surface area (Å²) in [6.45, 7) is 3.29. The molecule has 5 N–H and O–H groups in total. The molecule has 1 amide bonds. The number of aliphatic hydroxyl groups is 3. The maximum Gasteiger partial charge on any atom is 0.397 e. The van der Waals surface area contributed by atoms with Gasteiger partial charge in [0.2, 0.25) is 5.91 Å². The van der Waals surface area contributed by atoms with Gasteiger partial charge in [0.25, 0.3) is 0 Å². The molecule has 1 heterocycles. The fraction of sp³-hybridized carbons (Fsp3) is 0.786. The van der Waals surface area contributed by atoms with E-state index in [0.717, 1.165) is 12.2 Å². The molecule has 0 aromatic carbocycles. The van der Waals surface area contributed by atoms with Crippen molar-refractivity contribution in [2.75, 3.05) is 31.3 Å². The Kier molecular flexibility index (Phi) is 10.7. The summed E-state index contributed by atoms with van der Waals surface area (Å²) in [6, 6.07) is 0. The van der Waals surface area contributed by atoms with Crippen LogP contribution in [-0.4, -0.2) is 96.2 Å². The Morgan fingerprint density at radius 1 is 1.30 bits per heavy atom. The average Bonchev–Trinajstić information content (AvgIpc) is 2.61. The molecule has 1 saturated heterocycles. The normalized spacial score (nSPS) is 28.7. The third kappa shape index (κ3) is 8.85. The Balaban J connectivity index is 2.38. The number of hydrogen-bond acceptors (Lipinski definition) is 10. The molecule has 13 heteroatoms. The highest BCUT2D eigenvalue weighted by Crippen LogP contribution is 2.25. The van der Waals surface area contributed by atoms with Gasteiger partial charge in [0.05, 0.1) is 13.2 Å². The lowest BCUT2D eigenvalue weighted by Crippen LogP contribution is -2.60. The SMILES string of the molecule is C=CC(=O)NCCCSCCO[C@@H]1O[C@H](CO)[C@@H](O)[C@H](OS(=O)(=O)O)[C@@H]1O. The van der Waals surface area contributed by atoms with E-state index in [0.29, 0.717) is 12.3 Å². The molecule has 0 saturated carbocycles. The van der Waals surface area contributed by atoms with Crippen LogP contribution in [0.15, 0.2) is 12.7 Å². The minimum absolute atomic E-state index is 0.123. The lowest BCUT2D eigenvalue weighted by molar-refractivity contribution is -0.295. The number of rotatable bonds is 12. The van der Waals surface area contributed by atoms with Gasteiger partial charge in [-0.3, -0.25) is 9.35 Å². The standard InChI is InChI=1S/C14H25NO10S2/c1-2-10(17)15-4-3-6-26-7-5-23-14-12(19)13(25-27(20,21)22)11(18)9(8-16)24-14/h2,9,11-14,16,18-19H,1,3-8H2,(H,15,17)(H,20,21,22)/t9-,11-,12+,13+,14-/m1/s1. The zero-order valence-electron chi connectivity index (χ0n) is 14.5. The number of carbonyl (C=O) groups excluding carboxylic acids is 1. The van der Waals surface area contributed by atoms with Crippen molar-refractivity contribution in [3.8, 4) is 0 Å². The largest absolute Gasteiger partial charge is 0.397 e. The van der Waals surface area contributed by atoms with Gasteiger partial charge in [-0.25, -0.2) is 4.18 Å². The van der Waals surface area contributed by atoms with Crippen molar-refractivity contribution < 1.29 is 46.7 Å². The van der Waals surface area contributed by atoms with Crippen LogP contribution in [0.2, 0.25) is 0 Å². The predicted octanol–water partition coefficient (Wildman–Crippen LogP) is -1.94. The molecule has 1 fully saturated rings. The van der Waals surface area contributed by atoms with Gasteiger partial charge in [0.15, 0.2) is 6.29 Å². The van der Waals surface area contributed by atoms with Crippen molar-refractivity contribution in [1.29, 1.82) is 0 Å². The number of amides is 1. The van der Waals surface area contributed by atoms with Crippen LogP contribution in [0.25, 0.3) is 0 Å². The number of hydrogen-bond donors (Lipinski definition) is 5. The Morgan fingerprint density at radius 3 is 2.59 bits per heavy atom. The van der Waals surface area contributed by atoms with E-state index in [4.69, 9.17) is 14.0 Å². The molecule has 158 valence electrons. The molecule has 1 aliphatic heterocycles. The van der Waals surface area contributed by atoms with Crippen LogP contribution >= 0.6 is 11.8 Å². The third-order valence-corrected chi connectivity index (χ3v) is 5.01. The molecule has 0 aromatic rings. The summed E-state index contributed by atoms with van der Waals surface area (Å²) in [4.78, 5) is 10.9. The van der Waals surface area contributed by atoms with Crippen LogP contribution in [0.3, 0.4) is 0 Å². The van der Waals surface area contributed by atoms with Crippen LogP contribution in [-0.2, 0) is 28.9 Å². The van der Waals surface area contributed by atoms with Gasteiger partial charge in [-0.15, -0.1) is 0 Å². The molecule has 1 rings (SSSR count). The molecule has 5 atom stereocenters. The number of carbonyl (C=O) groups is 1. The van der Waals surface area contributed by atoms with E-state index in [1.807, 2.05) is 0 Å². The Bertz CT molecular complexity index is 572. The molecule has 0 unspecified atom stereocenters. The smallest absolute Gasteiger partial charge is 0.394 e. The maximum absolute atomic E-state index is 10.9. The zero-order chi connectivity index (χ0) is 20.4.